The summed E-state index contributed by atoms with van der Waals surface area (Å²) in [6.45, 7) is 3.40. The molecule has 17 heavy (non-hydrogen) atoms. The van der Waals surface area contributed by atoms with E-state index < -0.39 is 0 Å². The van der Waals surface area contributed by atoms with Crippen LogP contribution in [0.5, 0.6) is 0 Å². The number of halogens is 1. The number of amides is 1. The first-order valence-corrected chi connectivity index (χ1v) is 5.83. The van der Waals surface area contributed by atoms with Crippen molar-refractivity contribution < 1.29 is 4.79 Å². The number of anilines is 2. The molecule has 0 aliphatic heterocycles. The van der Waals surface area contributed by atoms with Crippen molar-refractivity contribution >= 4 is 50.9 Å². The van der Waals surface area contributed by atoms with E-state index >= 15 is 0 Å². The molecule has 5 nitrogen and oxygen atoms in total. The first kappa shape index (κ1) is 11.8. The van der Waals surface area contributed by atoms with Crippen molar-refractivity contribution in [1.29, 1.82) is 0 Å². The third-order valence-electron chi connectivity index (χ3n) is 2.20. The molecule has 0 fully saturated rings. The zero-order valence-electron chi connectivity index (χ0n) is 8.77. The lowest BCUT2D eigenvalue weighted by molar-refractivity contribution is -0.111. The zero-order valence-corrected chi connectivity index (χ0v) is 10.9. The van der Waals surface area contributed by atoms with Gasteiger partial charge in [-0.1, -0.05) is 6.58 Å². The summed E-state index contributed by atoms with van der Waals surface area (Å²) in [5, 5.41) is 3.48. The van der Waals surface area contributed by atoms with Crippen LogP contribution in [0.2, 0.25) is 0 Å². The highest BCUT2D eigenvalue weighted by Crippen LogP contribution is 2.26. The number of hydrogen-bond donors (Lipinski definition) is 2. The number of nitrogen functional groups attached to an aromatic ring is 1. The van der Waals surface area contributed by atoms with Crippen LogP contribution in [0.15, 0.2) is 31.1 Å². The van der Waals surface area contributed by atoms with Gasteiger partial charge in [-0.05, 0) is 40.8 Å². The van der Waals surface area contributed by atoms with Crippen LogP contribution in [0.1, 0.15) is 0 Å². The molecule has 2 rings (SSSR count). The highest BCUT2D eigenvalue weighted by atomic mass is 127. The van der Waals surface area contributed by atoms with Crippen molar-refractivity contribution in [2.24, 2.45) is 0 Å². The summed E-state index contributed by atoms with van der Waals surface area (Å²) in [4.78, 5) is 19.3. The summed E-state index contributed by atoms with van der Waals surface area (Å²) in [5.74, 6) is 0.166. The maximum absolute atomic E-state index is 11.2. The number of carbonyl (C=O) groups is 1. The number of rotatable bonds is 2. The first-order valence-electron chi connectivity index (χ1n) is 4.75. The molecule has 0 spiro atoms. The Labute approximate surface area is 111 Å². The molecule has 1 aromatic heterocycles. The van der Waals surface area contributed by atoms with E-state index in [1.807, 2.05) is 6.07 Å². The van der Waals surface area contributed by atoms with E-state index in [0.717, 1.165) is 8.96 Å². The minimum atomic E-state index is -0.260. The molecule has 0 unspecified atom stereocenters. The molecule has 6 heteroatoms. The van der Waals surface area contributed by atoms with Crippen LogP contribution >= 0.6 is 22.6 Å². The van der Waals surface area contributed by atoms with E-state index in [4.69, 9.17) is 5.73 Å². The highest BCUT2D eigenvalue weighted by Gasteiger charge is 2.07. The second kappa shape index (κ2) is 4.66. The van der Waals surface area contributed by atoms with E-state index in [-0.39, 0.29) is 5.91 Å². The SMILES string of the molecule is C=CC(=O)Nc1cc2ncnc(N)c2cc1I. The van der Waals surface area contributed by atoms with Crippen molar-refractivity contribution in [3.63, 3.8) is 0 Å². The first-order chi connectivity index (χ1) is 8.11. The predicted octanol–water partition coefficient (Wildman–Crippen LogP) is 1.94. The smallest absolute Gasteiger partial charge is 0.247 e. The molecule has 1 heterocycles. The normalized spacial score (nSPS) is 10.2. The van der Waals surface area contributed by atoms with Crippen LogP contribution in [0.25, 0.3) is 10.9 Å². The number of aromatic nitrogens is 2. The fourth-order valence-electron chi connectivity index (χ4n) is 1.38. The van der Waals surface area contributed by atoms with Gasteiger partial charge in [0.15, 0.2) is 0 Å². The molecule has 0 saturated carbocycles. The van der Waals surface area contributed by atoms with Crippen LogP contribution in [-0.2, 0) is 4.79 Å². The number of fused-ring (bicyclic) bond motifs is 1. The quantitative estimate of drug-likeness (QED) is 0.647. The Kier molecular flexibility index (Phi) is 3.23. The number of benzene rings is 1. The molecule has 0 bridgehead atoms. The maximum atomic E-state index is 11.2. The summed E-state index contributed by atoms with van der Waals surface area (Å²) in [6.07, 6.45) is 2.61. The van der Waals surface area contributed by atoms with Gasteiger partial charge in [0.25, 0.3) is 0 Å². The predicted molar refractivity (Wildman–Crippen MR) is 75.5 cm³/mol. The lowest BCUT2D eigenvalue weighted by Gasteiger charge is -2.07. The van der Waals surface area contributed by atoms with Gasteiger partial charge in [-0.25, -0.2) is 9.97 Å². The number of carbonyl (C=O) groups excluding carboxylic acids is 1. The van der Waals surface area contributed by atoms with Crippen molar-refractivity contribution in [2.45, 2.75) is 0 Å². The largest absolute Gasteiger partial charge is 0.383 e. The van der Waals surface area contributed by atoms with Gasteiger partial charge in [-0.3, -0.25) is 4.79 Å². The molecule has 2 aromatic rings. The van der Waals surface area contributed by atoms with Gasteiger partial charge in [0.05, 0.1) is 11.2 Å². The lowest BCUT2D eigenvalue weighted by atomic mass is 10.2. The molecule has 0 saturated heterocycles. The standard InChI is InChI=1S/C11H9IN4O/c1-2-10(17)16-9-4-8-6(3-7(9)12)11(13)15-5-14-8/h2-5H,1H2,(H,16,17)(H2,13,14,15). The average molecular weight is 340 g/mol. The maximum Gasteiger partial charge on any atom is 0.247 e. The Balaban J connectivity index is 2.56. The Hall–Kier alpha value is -1.70. The fraction of sp³-hybridized carbons (Fsp3) is 0. The molecule has 0 aliphatic carbocycles. The molecule has 0 aliphatic rings. The fourth-order valence-corrected chi connectivity index (χ4v) is 1.98. The van der Waals surface area contributed by atoms with E-state index in [9.17, 15) is 4.79 Å². The summed E-state index contributed by atoms with van der Waals surface area (Å²) >= 11 is 2.11. The van der Waals surface area contributed by atoms with E-state index in [2.05, 4.69) is 44.5 Å². The minimum Gasteiger partial charge on any atom is -0.383 e. The number of nitrogens with one attached hydrogen (secondary N) is 1. The molecule has 86 valence electrons. The minimum absolute atomic E-state index is 0.260. The van der Waals surface area contributed by atoms with Gasteiger partial charge >= 0.3 is 0 Å². The van der Waals surface area contributed by atoms with Crippen molar-refractivity contribution in [1.82, 2.24) is 9.97 Å². The van der Waals surface area contributed by atoms with Gasteiger partial charge in [0.2, 0.25) is 5.91 Å². The highest BCUT2D eigenvalue weighted by molar-refractivity contribution is 14.1. The average Bonchev–Trinajstić information content (AvgIpc) is 2.31. The Morgan fingerprint density at radius 3 is 2.94 bits per heavy atom. The second-order valence-corrected chi connectivity index (χ2v) is 4.46. The van der Waals surface area contributed by atoms with E-state index in [1.54, 1.807) is 6.07 Å². The van der Waals surface area contributed by atoms with Crippen LogP contribution in [0, 0.1) is 3.57 Å². The van der Waals surface area contributed by atoms with Gasteiger partial charge in [-0.15, -0.1) is 0 Å². The molecule has 1 amide bonds. The summed E-state index contributed by atoms with van der Waals surface area (Å²) in [5.41, 5.74) is 7.12. The zero-order chi connectivity index (χ0) is 12.4. The molecule has 0 radical (unpaired) electrons. The third-order valence-corrected chi connectivity index (χ3v) is 3.09. The third kappa shape index (κ3) is 2.36. The van der Waals surface area contributed by atoms with Crippen LogP contribution in [0.4, 0.5) is 11.5 Å². The van der Waals surface area contributed by atoms with Crippen molar-refractivity contribution in [3.05, 3.63) is 34.7 Å². The number of nitrogens with two attached hydrogens (primary N) is 1. The Bertz CT molecular complexity index is 612. The summed E-state index contributed by atoms with van der Waals surface area (Å²) in [6, 6.07) is 3.60. The monoisotopic (exact) mass is 340 g/mol. The van der Waals surface area contributed by atoms with Crippen LogP contribution in [-0.4, -0.2) is 15.9 Å². The molecular formula is C11H9IN4O. The molecule has 1 aromatic carbocycles. The van der Waals surface area contributed by atoms with Crippen LogP contribution < -0.4 is 11.1 Å². The van der Waals surface area contributed by atoms with Gasteiger partial charge < -0.3 is 11.1 Å². The summed E-state index contributed by atoms with van der Waals surface area (Å²) < 4.78 is 0.867. The summed E-state index contributed by atoms with van der Waals surface area (Å²) in [7, 11) is 0. The number of hydrogen-bond acceptors (Lipinski definition) is 4. The topological polar surface area (TPSA) is 80.9 Å². The van der Waals surface area contributed by atoms with E-state index in [1.165, 1.54) is 12.4 Å². The Morgan fingerprint density at radius 2 is 2.24 bits per heavy atom. The van der Waals surface area contributed by atoms with Gasteiger partial charge in [-0.2, -0.15) is 0 Å². The lowest BCUT2D eigenvalue weighted by Crippen LogP contribution is -2.08. The van der Waals surface area contributed by atoms with Crippen molar-refractivity contribution in [2.75, 3.05) is 11.1 Å². The number of nitrogens with zero attached hydrogens (tertiary/aromatic N) is 2. The molecule has 0 atom stereocenters. The second-order valence-electron chi connectivity index (χ2n) is 3.30. The van der Waals surface area contributed by atoms with Gasteiger partial charge in [0, 0.05) is 8.96 Å². The molecule has 3 N–H and O–H groups in total. The van der Waals surface area contributed by atoms with Gasteiger partial charge in [0.1, 0.15) is 12.1 Å². The van der Waals surface area contributed by atoms with Crippen molar-refractivity contribution in [3.8, 4) is 0 Å². The van der Waals surface area contributed by atoms with Crippen LogP contribution in [0.3, 0.4) is 0 Å². The molecular weight excluding hydrogens is 331 g/mol. The van der Waals surface area contributed by atoms with E-state index in [0.29, 0.717) is 17.0 Å². The Morgan fingerprint density at radius 1 is 1.47 bits per heavy atom.